The number of aromatic hydroxyl groups is 1. The minimum Gasteiger partial charge on any atom is -0.508 e. The van der Waals surface area contributed by atoms with Crippen LogP contribution in [0.2, 0.25) is 0 Å². The summed E-state index contributed by atoms with van der Waals surface area (Å²) in [5.41, 5.74) is 2.04. The average Bonchev–Trinajstić information content (AvgIpc) is 2.95. The fourth-order valence-corrected chi connectivity index (χ4v) is 5.50. The smallest absolute Gasteiger partial charge is 0.264 e. The van der Waals surface area contributed by atoms with Crippen molar-refractivity contribution in [2.45, 2.75) is 43.7 Å². The van der Waals surface area contributed by atoms with E-state index < -0.39 is 5.41 Å². The van der Waals surface area contributed by atoms with Gasteiger partial charge in [-0.25, -0.2) is 0 Å². The predicted octanol–water partition coefficient (Wildman–Crippen LogP) is 2.20. The number of phenolic OH excluding ortho intramolecular Hbond substituents is 1. The molecular formula is C19H22N2O4. The van der Waals surface area contributed by atoms with Gasteiger partial charge in [0.05, 0.1) is 31.5 Å². The van der Waals surface area contributed by atoms with E-state index in [0.717, 1.165) is 18.4 Å². The van der Waals surface area contributed by atoms with Crippen LogP contribution in [0.4, 0.5) is 5.69 Å². The van der Waals surface area contributed by atoms with Crippen LogP contribution in [-0.4, -0.2) is 42.6 Å². The fourth-order valence-electron chi connectivity index (χ4n) is 5.50. The Kier molecular flexibility index (Phi) is 3.10. The second-order valence-corrected chi connectivity index (χ2v) is 7.53. The first-order chi connectivity index (χ1) is 12.1. The zero-order valence-electron chi connectivity index (χ0n) is 14.4. The number of carbonyl (C=O) groups excluding carboxylic acids is 1. The summed E-state index contributed by atoms with van der Waals surface area (Å²) >= 11 is 0. The molecule has 5 aliphatic rings. The number of fused-ring (bicyclic) bond motifs is 2. The van der Waals surface area contributed by atoms with Gasteiger partial charge in [0.2, 0.25) is 0 Å². The average molecular weight is 342 g/mol. The molecule has 4 heterocycles. The summed E-state index contributed by atoms with van der Waals surface area (Å²) in [6.45, 7) is 2.83. The number of benzene rings is 1. The van der Waals surface area contributed by atoms with E-state index in [4.69, 9.17) is 14.6 Å². The summed E-state index contributed by atoms with van der Waals surface area (Å²) in [6.07, 6.45) is 2.28. The molecule has 1 amide bonds. The molecule has 1 saturated carbocycles. The Labute approximate surface area is 146 Å². The van der Waals surface area contributed by atoms with Gasteiger partial charge >= 0.3 is 0 Å². The number of hydrogen-bond acceptors (Lipinski definition) is 5. The minimum atomic E-state index is -0.768. The molecule has 2 saturated heterocycles. The number of aliphatic imine (C=N–C) groups is 1. The largest absolute Gasteiger partial charge is 0.508 e. The van der Waals surface area contributed by atoms with Crippen LogP contribution in [0.15, 0.2) is 23.2 Å². The molecular weight excluding hydrogens is 320 g/mol. The van der Waals surface area contributed by atoms with E-state index in [1.165, 1.54) is 17.9 Å². The van der Waals surface area contributed by atoms with E-state index in [0.29, 0.717) is 30.6 Å². The van der Waals surface area contributed by atoms with Crippen LogP contribution in [0.1, 0.15) is 31.7 Å². The van der Waals surface area contributed by atoms with Crippen molar-refractivity contribution in [3.05, 3.63) is 23.8 Å². The lowest BCUT2D eigenvalue weighted by Crippen LogP contribution is -2.51. The maximum Gasteiger partial charge on any atom is 0.264 e. The molecule has 1 aliphatic carbocycles. The Morgan fingerprint density at radius 1 is 1.48 bits per heavy atom. The molecule has 6 rings (SSSR count). The summed E-state index contributed by atoms with van der Waals surface area (Å²) in [4.78, 5) is 23.8. The third kappa shape index (κ3) is 1.76. The molecule has 5 atom stereocenters. The Morgan fingerprint density at radius 2 is 2.32 bits per heavy atom. The highest BCUT2D eigenvalue weighted by Crippen LogP contribution is 2.57. The Bertz CT molecular complexity index is 792. The van der Waals surface area contributed by atoms with Gasteiger partial charge < -0.3 is 9.84 Å². The first kappa shape index (κ1) is 15.3. The van der Waals surface area contributed by atoms with Crippen LogP contribution >= 0.6 is 0 Å². The standard InChI is InChI=1S/C19H22N2O4/c1-3-14-11-7-17-19(8-15(20-14)12(11)9-25-17)13-5-4-10(22)6-16(13)21(24-2)18(19)23/h4-6,11-12,15,17,22H,3,7-9H2,1-2H3. The fraction of sp³-hybridized carbons (Fsp3) is 0.579. The number of hydroxylamine groups is 1. The van der Waals surface area contributed by atoms with Crippen molar-refractivity contribution >= 4 is 17.3 Å². The van der Waals surface area contributed by atoms with Gasteiger partial charge in [0.15, 0.2) is 0 Å². The molecule has 25 heavy (non-hydrogen) atoms. The maximum atomic E-state index is 13.4. The van der Waals surface area contributed by atoms with Gasteiger partial charge in [-0.2, -0.15) is 5.06 Å². The van der Waals surface area contributed by atoms with Crippen molar-refractivity contribution in [3.8, 4) is 5.75 Å². The van der Waals surface area contributed by atoms with Crippen molar-refractivity contribution in [1.29, 1.82) is 0 Å². The summed E-state index contributed by atoms with van der Waals surface area (Å²) in [6, 6.07) is 5.21. The highest BCUT2D eigenvalue weighted by Gasteiger charge is 2.64. The van der Waals surface area contributed by atoms with E-state index >= 15 is 0 Å². The molecule has 6 nitrogen and oxygen atoms in total. The van der Waals surface area contributed by atoms with Crippen LogP contribution in [0.25, 0.3) is 0 Å². The number of nitrogens with zero attached hydrogens (tertiary/aromatic N) is 2. The number of anilines is 1. The zero-order chi connectivity index (χ0) is 17.3. The lowest BCUT2D eigenvalue weighted by atomic mass is 9.71. The van der Waals surface area contributed by atoms with Gasteiger partial charge in [-0.3, -0.25) is 14.6 Å². The molecule has 1 N–H and O–H groups in total. The van der Waals surface area contributed by atoms with Crippen molar-refractivity contribution in [3.63, 3.8) is 0 Å². The van der Waals surface area contributed by atoms with E-state index in [2.05, 4.69) is 6.92 Å². The lowest BCUT2D eigenvalue weighted by molar-refractivity contribution is -0.137. The third-order valence-corrected chi connectivity index (χ3v) is 6.60. The monoisotopic (exact) mass is 342 g/mol. The molecule has 132 valence electrons. The third-order valence-electron chi connectivity index (χ3n) is 6.60. The van der Waals surface area contributed by atoms with Gasteiger partial charge in [-0.1, -0.05) is 13.0 Å². The molecule has 6 heteroatoms. The van der Waals surface area contributed by atoms with Gasteiger partial charge in [0.25, 0.3) is 5.91 Å². The van der Waals surface area contributed by atoms with Crippen LogP contribution in [0.5, 0.6) is 5.75 Å². The lowest BCUT2D eigenvalue weighted by Gasteiger charge is -2.38. The predicted molar refractivity (Wildman–Crippen MR) is 91.7 cm³/mol. The Morgan fingerprint density at radius 3 is 3.08 bits per heavy atom. The Hall–Kier alpha value is -1.92. The molecule has 4 aliphatic heterocycles. The van der Waals surface area contributed by atoms with E-state index in [-0.39, 0.29) is 23.8 Å². The number of phenols is 1. The van der Waals surface area contributed by atoms with Crippen molar-refractivity contribution in [2.24, 2.45) is 16.8 Å². The number of ether oxygens (including phenoxy) is 1. The summed E-state index contributed by atoms with van der Waals surface area (Å²) < 4.78 is 6.22. The summed E-state index contributed by atoms with van der Waals surface area (Å²) in [7, 11) is 1.49. The number of amides is 1. The molecule has 1 aromatic rings. The minimum absolute atomic E-state index is 0.0953. The second-order valence-electron chi connectivity index (χ2n) is 7.53. The maximum absolute atomic E-state index is 13.4. The Balaban J connectivity index is 1.69. The topological polar surface area (TPSA) is 71.4 Å². The first-order valence-corrected chi connectivity index (χ1v) is 9.00. The highest BCUT2D eigenvalue weighted by molar-refractivity contribution is 6.08. The van der Waals surface area contributed by atoms with Crippen molar-refractivity contribution < 1.29 is 19.5 Å². The quantitative estimate of drug-likeness (QED) is 0.894. The molecule has 1 aromatic carbocycles. The van der Waals surface area contributed by atoms with Gasteiger partial charge in [-0.05, 0) is 30.9 Å². The summed E-state index contributed by atoms with van der Waals surface area (Å²) in [5, 5.41) is 11.2. The van der Waals surface area contributed by atoms with Crippen molar-refractivity contribution in [2.75, 3.05) is 18.8 Å². The highest BCUT2D eigenvalue weighted by atomic mass is 16.7. The number of hydrogen-bond donors (Lipinski definition) is 1. The number of rotatable bonds is 2. The normalized spacial score (nSPS) is 38.2. The molecule has 3 fully saturated rings. The molecule has 5 unspecified atom stereocenters. The number of carbonyl (C=O) groups is 1. The van der Waals surface area contributed by atoms with Crippen LogP contribution < -0.4 is 5.06 Å². The first-order valence-electron chi connectivity index (χ1n) is 9.00. The van der Waals surface area contributed by atoms with E-state index in [1.54, 1.807) is 12.1 Å². The van der Waals surface area contributed by atoms with Crippen molar-refractivity contribution in [1.82, 2.24) is 0 Å². The van der Waals surface area contributed by atoms with Crippen LogP contribution in [-0.2, 0) is 19.8 Å². The van der Waals surface area contributed by atoms with Crippen LogP contribution in [0.3, 0.4) is 0 Å². The van der Waals surface area contributed by atoms with Gasteiger partial charge in [0, 0.05) is 23.6 Å². The molecule has 0 aromatic heterocycles. The van der Waals surface area contributed by atoms with Gasteiger partial charge in [0.1, 0.15) is 11.2 Å². The van der Waals surface area contributed by atoms with Crippen LogP contribution in [0, 0.1) is 11.8 Å². The molecule has 4 bridgehead atoms. The van der Waals surface area contributed by atoms with E-state index in [1.807, 2.05) is 6.07 Å². The molecule has 1 spiro atoms. The summed E-state index contributed by atoms with van der Waals surface area (Å²) in [5.74, 6) is 0.841. The van der Waals surface area contributed by atoms with Gasteiger partial charge in [-0.15, -0.1) is 0 Å². The SMILES string of the molecule is CCC1=NC2CC3(C(=O)N(OC)c4cc(O)ccc43)C3CC1C2CO3. The zero-order valence-corrected chi connectivity index (χ0v) is 14.4. The second kappa shape index (κ2) is 5.05. The molecule has 0 radical (unpaired) electrons. The van der Waals surface area contributed by atoms with E-state index in [9.17, 15) is 9.90 Å².